The van der Waals surface area contributed by atoms with E-state index in [4.69, 9.17) is 11.6 Å². The van der Waals surface area contributed by atoms with Crippen molar-refractivity contribution in [2.45, 2.75) is 0 Å². The van der Waals surface area contributed by atoms with E-state index in [0.29, 0.717) is 15.1 Å². The van der Waals surface area contributed by atoms with Crippen LogP contribution in [0.3, 0.4) is 0 Å². The number of carbonyl (C=O) groups is 1. The van der Waals surface area contributed by atoms with Gasteiger partial charge in [-0.25, -0.2) is 9.38 Å². The number of rotatable bonds is 2. The molecule has 1 saturated heterocycles. The highest BCUT2D eigenvalue weighted by Crippen LogP contribution is 2.28. The van der Waals surface area contributed by atoms with Crippen LogP contribution in [0.2, 0.25) is 5.02 Å². The zero-order chi connectivity index (χ0) is 15.5. The van der Waals surface area contributed by atoms with Gasteiger partial charge in [0.2, 0.25) is 0 Å². The summed E-state index contributed by atoms with van der Waals surface area (Å²) < 4.78 is 13.6. The predicted octanol–water partition coefficient (Wildman–Crippen LogP) is 4.37. The zero-order valence-corrected chi connectivity index (χ0v) is 12.8. The highest BCUT2D eigenvalue weighted by molar-refractivity contribution is 8.18. The lowest BCUT2D eigenvalue weighted by Crippen LogP contribution is -2.19. The molecular formula is C16H10ClFN2OS. The molecule has 0 aromatic heterocycles. The summed E-state index contributed by atoms with van der Waals surface area (Å²) in [5.41, 5.74) is 1.05. The number of carbonyl (C=O) groups excluding carboxylic acids is 1. The van der Waals surface area contributed by atoms with Crippen LogP contribution >= 0.6 is 23.4 Å². The second-order valence-electron chi connectivity index (χ2n) is 4.48. The quantitative estimate of drug-likeness (QED) is 0.830. The smallest absolute Gasteiger partial charge is 0.264 e. The van der Waals surface area contributed by atoms with Crippen molar-refractivity contribution in [3.63, 3.8) is 0 Å². The van der Waals surface area contributed by atoms with Crippen molar-refractivity contribution in [1.29, 1.82) is 0 Å². The fourth-order valence-electron chi connectivity index (χ4n) is 1.84. The van der Waals surface area contributed by atoms with Crippen LogP contribution in [0, 0.1) is 5.82 Å². The molecule has 110 valence electrons. The number of hydrogen-bond acceptors (Lipinski definition) is 3. The number of nitrogens with one attached hydrogen (secondary N) is 1. The van der Waals surface area contributed by atoms with Gasteiger partial charge in [0.15, 0.2) is 5.17 Å². The van der Waals surface area contributed by atoms with Crippen LogP contribution in [0.5, 0.6) is 0 Å². The maximum absolute atomic E-state index is 13.6. The van der Waals surface area contributed by atoms with E-state index in [1.165, 1.54) is 17.8 Å². The van der Waals surface area contributed by atoms with Crippen molar-refractivity contribution in [2.24, 2.45) is 4.99 Å². The van der Waals surface area contributed by atoms with Crippen molar-refractivity contribution in [1.82, 2.24) is 5.32 Å². The Kier molecular flexibility index (Phi) is 4.27. The van der Waals surface area contributed by atoms with Crippen molar-refractivity contribution in [3.05, 3.63) is 69.8 Å². The van der Waals surface area contributed by atoms with Crippen LogP contribution in [0.25, 0.3) is 6.08 Å². The lowest BCUT2D eigenvalue weighted by Gasteiger charge is -1.97. The number of halogens is 2. The Morgan fingerprint density at radius 3 is 2.59 bits per heavy atom. The van der Waals surface area contributed by atoms with E-state index < -0.39 is 5.82 Å². The van der Waals surface area contributed by atoms with Crippen LogP contribution in [0.1, 0.15) is 5.56 Å². The Labute approximate surface area is 135 Å². The number of nitrogens with zero attached hydrogens (tertiary/aromatic N) is 1. The molecule has 1 amide bonds. The molecule has 0 atom stereocenters. The molecule has 0 aliphatic carbocycles. The first-order chi connectivity index (χ1) is 10.6. The minimum atomic E-state index is -0.431. The molecule has 3 rings (SSSR count). The first kappa shape index (κ1) is 14.8. The molecule has 2 aromatic rings. The highest BCUT2D eigenvalue weighted by Gasteiger charge is 2.24. The van der Waals surface area contributed by atoms with E-state index >= 15 is 0 Å². The summed E-state index contributed by atoms with van der Waals surface area (Å²) in [4.78, 5) is 16.6. The lowest BCUT2D eigenvalue weighted by atomic mass is 10.2. The van der Waals surface area contributed by atoms with E-state index in [1.54, 1.807) is 36.4 Å². The SMILES string of the molecule is O=C1NC(=Nc2ccccc2F)S/C1=C\c1ccc(Cl)cc1. The molecule has 2 aromatic carbocycles. The fraction of sp³-hybridized carbons (Fsp3) is 0. The Balaban J connectivity index is 1.84. The molecule has 1 aliphatic rings. The summed E-state index contributed by atoms with van der Waals surface area (Å²) in [5, 5.41) is 3.61. The molecule has 1 heterocycles. The van der Waals surface area contributed by atoms with Crippen LogP contribution in [0.4, 0.5) is 10.1 Å². The van der Waals surface area contributed by atoms with E-state index in [9.17, 15) is 9.18 Å². The molecule has 1 aliphatic heterocycles. The average Bonchev–Trinajstić information content (AvgIpc) is 2.84. The predicted molar refractivity (Wildman–Crippen MR) is 88.7 cm³/mol. The molecule has 22 heavy (non-hydrogen) atoms. The summed E-state index contributed by atoms with van der Waals surface area (Å²) in [6.45, 7) is 0. The summed E-state index contributed by atoms with van der Waals surface area (Å²) in [6.07, 6.45) is 1.74. The van der Waals surface area contributed by atoms with Gasteiger partial charge in [0.05, 0.1) is 4.91 Å². The lowest BCUT2D eigenvalue weighted by molar-refractivity contribution is -0.115. The number of benzene rings is 2. The van der Waals surface area contributed by atoms with Crippen LogP contribution < -0.4 is 5.32 Å². The number of thioether (sulfide) groups is 1. The van der Waals surface area contributed by atoms with Gasteiger partial charge in [-0.2, -0.15) is 0 Å². The first-order valence-corrected chi connectivity index (χ1v) is 7.61. The topological polar surface area (TPSA) is 41.5 Å². The third kappa shape index (κ3) is 3.37. The van der Waals surface area contributed by atoms with Gasteiger partial charge < -0.3 is 5.32 Å². The summed E-state index contributed by atoms with van der Waals surface area (Å²) in [6, 6.07) is 13.3. The summed E-state index contributed by atoms with van der Waals surface area (Å²) in [5.74, 6) is -0.685. The molecule has 3 nitrogen and oxygen atoms in total. The zero-order valence-electron chi connectivity index (χ0n) is 11.2. The molecule has 0 saturated carbocycles. The maximum Gasteiger partial charge on any atom is 0.264 e. The van der Waals surface area contributed by atoms with Crippen molar-refractivity contribution < 1.29 is 9.18 Å². The molecule has 0 unspecified atom stereocenters. The Morgan fingerprint density at radius 1 is 1.14 bits per heavy atom. The number of hydrogen-bond donors (Lipinski definition) is 1. The first-order valence-electron chi connectivity index (χ1n) is 6.41. The van der Waals surface area contributed by atoms with E-state index in [0.717, 1.165) is 5.56 Å². The van der Waals surface area contributed by atoms with Crippen molar-refractivity contribution >= 4 is 46.2 Å². The summed E-state index contributed by atoms with van der Waals surface area (Å²) in [7, 11) is 0. The standard InChI is InChI=1S/C16H10ClFN2OS/c17-11-7-5-10(6-8-11)9-14-15(21)20-16(22-14)19-13-4-2-1-3-12(13)18/h1-9H,(H,19,20,21)/b14-9-. The van der Waals surface area contributed by atoms with Crippen molar-refractivity contribution in [3.8, 4) is 0 Å². The fourth-order valence-corrected chi connectivity index (χ4v) is 2.80. The van der Waals surface area contributed by atoms with E-state index in [-0.39, 0.29) is 11.6 Å². The number of para-hydroxylation sites is 1. The Hall–Kier alpha value is -2.11. The molecule has 0 bridgehead atoms. The van der Waals surface area contributed by atoms with Crippen LogP contribution in [-0.2, 0) is 4.79 Å². The molecule has 6 heteroatoms. The maximum atomic E-state index is 13.6. The Bertz CT molecular complexity index is 787. The van der Waals surface area contributed by atoms with Crippen molar-refractivity contribution in [2.75, 3.05) is 0 Å². The molecule has 0 spiro atoms. The molecular weight excluding hydrogens is 323 g/mol. The van der Waals surface area contributed by atoms with Crippen LogP contribution in [0.15, 0.2) is 58.4 Å². The van der Waals surface area contributed by atoms with Gasteiger partial charge in [0.1, 0.15) is 11.5 Å². The van der Waals surface area contributed by atoms with Gasteiger partial charge in [0, 0.05) is 5.02 Å². The molecule has 1 N–H and O–H groups in total. The Morgan fingerprint density at radius 2 is 1.86 bits per heavy atom. The minimum absolute atomic E-state index is 0.193. The number of amidine groups is 1. The van der Waals surface area contributed by atoms with Gasteiger partial charge in [-0.05, 0) is 47.7 Å². The second-order valence-corrected chi connectivity index (χ2v) is 5.95. The average molecular weight is 333 g/mol. The monoisotopic (exact) mass is 332 g/mol. The second kappa shape index (κ2) is 6.34. The van der Waals surface area contributed by atoms with Gasteiger partial charge in [-0.15, -0.1) is 0 Å². The largest absolute Gasteiger partial charge is 0.300 e. The van der Waals surface area contributed by atoms with Gasteiger partial charge >= 0.3 is 0 Å². The minimum Gasteiger partial charge on any atom is -0.300 e. The third-order valence-electron chi connectivity index (χ3n) is 2.89. The van der Waals surface area contributed by atoms with Gasteiger partial charge in [-0.1, -0.05) is 35.9 Å². The van der Waals surface area contributed by atoms with Gasteiger partial charge in [-0.3, -0.25) is 4.79 Å². The highest BCUT2D eigenvalue weighted by atomic mass is 35.5. The number of aliphatic imine (C=N–C) groups is 1. The summed E-state index contributed by atoms with van der Waals surface area (Å²) >= 11 is 7.00. The van der Waals surface area contributed by atoms with E-state index in [2.05, 4.69) is 10.3 Å². The van der Waals surface area contributed by atoms with Crippen LogP contribution in [-0.4, -0.2) is 11.1 Å². The molecule has 1 fully saturated rings. The normalized spacial score (nSPS) is 18.0. The molecule has 0 radical (unpaired) electrons. The van der Waals surface area contributed by atoms with E-state index in [1.807, 2.05) is 12.1 Å². The van der Waals surface area contributed by atoms with Gasteiger partial charge in [0.25, 0.3) is 5.91 Å². The number of amides is 1. The third-order valence-corrected chi connectivity index (χ3v) is 4.05.